The Balaban J connectivity index is 2.45. The van der Waals surface area contributed by atoms with E-state index in [-0.39, 0.29) is 5.97 Å². The van der Waals surface area contributed by atoms with Gasteiger partial charge in [-0.3, -0.25) is 4.79 Å². The quantitative estimate of drug-likeness (QED) is 0.739. The first kappa shape index (κ1) is 15.7. The fourth-order valence-electron chi connectivity index (χ4n) is 2.17. The maximum atomic E-state index is 11.6. The molecule has 0 aromatic heterocycles. The second kappa shape index (κ2) is 6.71. The lowest BCUT2D eigenvalue weighted by atomic mass is 9.93. The van der Waals surface area contributed by atoms with E-state index in [1.807, 2.05) is 20.9 Å². The minimum absolute atomic E-state index is 0.158. The standard InChI is InChI=1S/C16H25NO2/c1-13-6-8-14(9-7-13)10-11-17(4)12-16(2,3)15(18)19-5/h6-9H,10-12H2,1-5H3. The highest BCUT2D eigenvalue weighted by Crippen LogP contribution is 2.18. The first-order valence-electron chi connectivity index (χ1n) is 6.67. The van der Waals surface area contributed by atoms with Crippen molar-refractivity contribution < 1.29 is 9.53 Å². The molecule has 1 aromatic rings. The van der Waals surface area contributed by atoms with Crippen LogP contribution in [0, 0.1) is 12.3 Å². The van der Waals surface area contributed by atoms with E-state index in [4.69, 9.17) is 4.74 Å². The molecule has 0 aliphatic rings. The van der Waals surface area contributed by atoms with Crippen LogP contribution >= 0.6 is 0 Å². The van der Waals surface area contributed by atoms with Crippen molar-refractivity contribution in [2.24, 2.45) is 5.41 Å². The molecule has 0 aliphatic heterocycles. The molecule has 0 fully saturated rings. The minimum Gasteiger partial charge on any atom is -0.469 e. The van der Waals surface area contributed by atoms with E-state index in [0.29, 0.717) is 6.54 Å². The molecule has 19 heavy (non-hydrogen) atoms. The Kier molecular flexibility index (Phi) is 5.55. The summed E-state index contributed by atoms with van der Waals surface area (Å²) in [6.45, 7) is 7.56. The third-order valence-corrected chi connectivity index (χ3v) is 3.31. The smallest absolute Gasteiger partial charge is 0.312 e. The third kappa shape index (κ3) is 5.03. The molecule has 0 N–H and O–H groups in total. The largest absolute Gasteiger partial charge is 0.469 e. The number of carbonyl (C=O) groups is 1. The Hall–Kier alpha value is -1.35. The van der Waals surface area contributed by atoms with Crippen molar-refractivity contribution in [2.75, 3.05) is 27.2 Å². The molecule has 106 valence electrons. The second-order valence-corrected chi connectivity index (χ2v) is 5.85. The van der Waals surface area contributed by atoms with E-state index in [1.54, 1.807) is 0 Å². The van der Waals surface area contributed by atoms with Crippen molar-refractivity contribution in [3.63, 3.8) is 0 Å². The molecule has 0 saturated heterocycles. The molecule has 0 saturated carbocycles. The number of hydrogen-bond acceptors (Lipinski definition) is 3. The molecule has 1 aromatic carbocycles. The van der Waals surface area contributed by atoms with E-state index in [9.17, 15) is 4.79 Å². The van der Waals surface area contributed by atoms with Crippen molar-refractivity contribution in [3.05, 3.63) is 35.4 Å². The Morgan fingerprint density at radius 1 is 1.26 bits per heavy atom. The van der Waals surface area contributed by atoms with Crippen molar-refractivity contribution in [2.45, 2.75) is 27.2 Å². The van der Waals surface area contributed by atoms with Crippen molar-refractivity contribution >= 4 is 5.97 Å². The van der Waals surface area contributed by atoms with Crippen LogP contribution in [0.1, 0.15) is 25.0 Å². The zero-order valence-electron chi connectivity index (χ0n) is 12.7. The van der Waals surface area contributed by atoms with Crippen LogP contribution in [0.2, 0.25) is 0 Å². The Morgan fingerprint density at radius 3 is 2.37 bits per heavy atom. The van der Waals surface area contributed by atoms with Gasteiger partial charge in [0.1, 0.15) is 0 Å². The van der Waals surface area contributed by atoms with Gasteiger partial charge in [-0.1, -0.05) is 29.8 Å². The number of hydrogen-bond donors (Lipinski definition) is 0. The van der Waals surface area contributed by atoms with Gasteiger partial charge in [0.2, 0.25) is 0 Å². The third-order valence-electron chi connectivity index (χ3n) is 3.31. The lowest BCUT2D eigenvalue weighted by molar-refractivity contribution is -0.151. The summed E-state index contributed by atoms with van der Waals surface area (Å²) in [6, 6.07) is 8.59. The van der Waals surface area contributed by atoms with Crippen LogP contribution < -0.4 is 0 Å². The lowest BCUT2D eigenvalue weighted by Gasteiger charge is -2.27. The van der Waals surface area contributed by atoms with Crippen LogP contribution in [0.15, 0.2) is 24.3 Å². The maximum Gasteiger partial charge on any atom is 0.312 e. The average Bonchev–Trinajstić information content (AvgIpc) is 2.36. The van der Waals surface area contributed by atoms with E-state index in [1.165, 1.54) is 18.2 Å². The summed E-state index contributed by atoms with van der Waals surface area (Å²) in [5.41, 5.74) is 2.15. The number of nitrogens with zero attached hydrogens (tertiary/aromatic N) is 1. The number of rotatable bonds is 6. The summed E-state index contributed by atoms with van der Waals surface area (Å²) in [5, 5.41) is 0. The summed E-state index contributed by atoms with van der Waals surface area (Å²) in [6.07, 6.45) is 0.994. The molecule has 0 radical (unpaired) electrons. The first-order chi connectivity index (χ1) is 8.85. The molecule has 0 heterocycles. The zero-order valence-corrected chi connectivity index (χ0v) is 12.7. The van der Waals surface area contributed by atoms with Gasteiger partial charge in [-0.2, -0.15) is 0 Å². The molecule has 3 heteroatoms. The number of benzene rings is 1. The maximum absolute atomic E-state index is 11.6. The molecular formula is C16H25NO2. The minimum atomic E-state index is -0.462. The van der Waals surface area contributed by atoms with Gasteiger partial charge in [0.05, 0.1) is 12.5 Å². The number of ether oxygens (including phenoxy) is 1. The van der Waals surface area contributed by atoms with Crippen LogP contribution in [0.4, 0.5) is 0 Å². The molecule has 0 spiro atoms. The number of methoxy groups -OCH3 is 1. The van der Waals surface area contributed by atoms with Crippen molar-refractivity contribution in [1.29, 1.82) is 0 Å². The fraction of sp³-hybridized carbons (Fsp3) is 0.562. The molecule has 0 aliphatic carbocycles. The predicted molar refractivity (Wildman–Crippen MR) is 78.2 cm³/mol. The van der Waals surface area contributed by atoms with Gasteiger partial charge in [-0.05, 0) is 39.8 Å². The number of aryl methyl sites for hydroxylation is 1. The van der Waals surface area contributed by atoms with E-state index < -0.39 is 5.41 Å². The van der Waals surface area contributed by atoms with Crippen LogP contribution in [0.3, 0.4) is 0 Å². The molecule has 0 bridgehead atoms. The van der Waals surface area contributed by atoms with Gasteiger partial charge < -0.3 is 9.64 Å². The van der Waals surface area contributed by atoms with Gasteiger partial charge in [0, 0.05) is 13.1 Å². The number of likely N-dealkylation sites (N-methyl/N-ethyl adjacent to an activating group) is 1. The van der Waals surface area contributed by atoms with Gasteiger partial charge in [0.15, 0.2) is 0 Å². The van der Waals surface area contributed by atoms with Gasteiger partial charge in [-0.25, -0.2) is 0 Å². The molecule has 0 atom stereocenters. The van der Waals surface area contributed by atoms with E-state index >= 15 is 0 Å². The molecule has 3 nitrogen and oxygen atoms in total. The average molecular weight is 263 g/mol. The summed E-state index contributed by atoms with van der Waals surface area (Å²) in [5.74, 6) is -0.158. The highest BCUT2D eigenvalue weighted by atomic mass is 16.5. The van der Waals surface area contributed by atoms with Gasteiger partial charge in [-0.15, -0.1) is 0 Å². The highest BCUT2D eigenvalue weighted by molar-refractivity contribution is 5.76. The molecular weight excluding hydrogens is 238 g/mol. The summed E-state index contributed by atoms with van der Waals surface area (Å²) < 4.78 is 4.83. The monoisotopic (exact) mass is 263 g/mol. The fourth-order valence-corrected chi connectivity index (χ4v) is 2.17. The summed E-state index contributed by atoms with van der Waals surface area (Å²) >= 11 is 0. The first-order valence-corrected chi connectivity index (χ1v) is 6.67. The van der Waals surface area contributed by atoms with Gasteiger partial charge in [0.25, 0.3) is 0 Å². The molecule has 1 rings (SSSR count). The molecule has 0 unspecified atom stereocenters. The predicted octanol–water partition coefficient (Wildman–Crippen LogP) is 2.67. The van der Waals surface area contributed by atoms with Crippen LogP contribution in [0.25, 0.3) is 0 Å². The van der Waals surface area contributed by atoms with E-state index in [2.05, 4.69) is 36.1 Å². The second-order valence-electron chi connectivity index (χ2n) is 5.85. The lowest BCUT2D eigenvalue weighted by Crippen LogP contribution is -2.38. The van der Waals surface area contributed by atoms with Crippen molar-refractivity contribution in [3.8, 4) is 0 Å². The van der Waals surface area contributed by atoms with Gasteiger partial charge >= 0.3 is 5.97 Å². The normalized spacial score (nSPS) is 11.7. The SMILES string of the molecule is COC(=O)C(C)(C)CN(C)CCc1ccc(C)cc1. The number of esters is 1. The van der Waals surface area contributed by atoms with Crippen molar-refractivity contribution in [1.82, 2.24) is 4.90 Å². The Morgan fingerprint density at radius 2 is 1.84 bits per heavy atom. The molecule has 0 amide bonds. The topological polar surface area (TPSA) is 29.5 Å². The number of carbonyl (C=O) groups excluding carboxylic acids is 1. The van der Waals surface area contributed by atoms with Crippen LogP contribution in [0.5, 0.6) is 0 Å². The van der Waals surface area contributed by atoms with E-state index in [0.717, 1.165) is 13.0 Å². The zero-order chi connectivity index (χ0) is 14.5. The highest BCUT2D eigenvalue weighted by Gasteiger charge is 2.29. The summed E-state index contributed by atoms with van der Waals surface area (Å²) in [7, 11) is 3.48. The summed E-state index contributed by atoms with van der Waals surface area (Å²) in [4.78, 5) is 13.8. The Bertz CT molecular complexity index is 409. The Labute approximate surface area is 116 Å². The van der Waals surface area contributed by atoms with Crippen LogP contribution in [-0.4, -0.2) is 38.1 Å². The van der Waals surface area contributed by atoms with Crippen LogP contribution in [-0.2, 0) is 16.0 Å².